The Morgan fingerprint density at radius 1 is 1.22 bits per heavy atom. The maximum absolute atomic E-state index is 13.9. The summed E-state index contributed by atoms with van der Waals surface area (Å²) in [6.45, 7) is 0.937. The summed E-state index contributed by atoms with van der Waals surface area (Å²) in [5.74, 6) is -1.20. The minimum absolute atomic E-state index is 0.0353. The summed E-state index contributed by atoms with van der Waals surface area (Å²) in [6.07, 6.45) is 2.54. The van der Waals surface area contributed by atoms with Crippen LogP contribution in [0, 0.1) is 11.6 Å². The Balaban J connectivity index is 2.37. The lowest BCUT2D eigenvalue weighted by Crippen LogP contribution is -2.24. The molecule has 0 saturated carbocycles. The number of benzene rings is 1. The fourth-order valence-electron chi connectivity index (χ4n) is 2.39. The molecule has 1 aromatic carbocycles. The van der Waals surface area contributed by atoms with Crippen LogP contribution in [0.1, 0.15) is 18.4 Å². The second-order valence-electron chi connectivity index (χ2n) is 4.38. The molecule has 0 spiro atoms. The fourth-order valence-corrected chi connectivity index (χ4v) is 2.39. The van der Waals surface area contributed by atoms with Crippen LogP contribution in [0.3, 0.4) is 0 Å². The normalized spacial score (nSPS) is 19.0. The van der Waals surface area contributed by atoms with E-state index >= 15 is 0 Å². The highest BCUT2D eigenvalue weighted by molar-refractivity contribution is 5.48. The van der Waals surface area contributed by atoms with E-state index in [-0.39, 0.29) is 17.5 Å². The van der Waals surface area contributed by atoms with Crippen molar-refractivity contribution in [1.82, 2.24) is 5.32 Å². The van der Waals surface area contributed by atoms with Crippen LogP contribution >= 0.6 is 0 Å². The number of halogens is 2. The standard InChI is InChI=1S/C13H17F2NO2/c1-17-12-9(6-8-4-3-5-16-8)10(14)7-11(15)13(12)18-2/h7-8,16H,3-6H2,1-2H3. The zero-order valence-corrected chi connectivity index (χ0v) is 10.6. The van der Waals surface area contributed by atoms with Gasteiger partial charge in [-0.15, -0.1) is 0 Å². The molecule has 1 aliphatic rings. The van der Waals surface area contributed by atoms with E-state index in [0.29, 0.717) is 12.0 Å². The Labute approximate surface area is 105 Å². The summed E-state index contributed by atoms with van der Waals surface area (Å²) in [7, 11) is 2.73. The lowest BCUT2D eigenvalue weighted by Gasteiger charge is -2.17. The average molecular weight is 257 g/mol. The molecule has 1 atom stereocenters. The predicted molar refractivity (Wildman–Crippen MR) is 64.2 cm³/mol. The van der Waals surface area contributed by atoms with Crippen molar-refractivity contribution < 1.29 is 18.3 Å². The number of methoxy groups -OCH3 is 2. The summed E-state index contributed by atoms with van der Waals surface area (Å²) in [5, 5.41) is 3.28. The summed E-state index contributed by atoms with van der Waals surface area (Å²) < 4.78 is 37.4. The molecule has 1 heterocycles. The van der Waals surface area contributed by atoms with Crippen LogP contribution in [0.2, 0.25) is 0 Å². The van der Waals surface area contributed by atoms with E-state index in [4.69, 9.17) is 9.47 Å². The fraction of sp³-hybridized carbons (Fsp3) is 0.538. The number of ether oxygens (including phenoxy) is 2. The summed E-state index contributed by atoms with van der Waals surface area (Å²) in [4.78, 5) is 0. The SMILES string of the molecule is COc1c(F)cc(F)c(CC2CCCN2)c1OC. The molecule has 0 aromatic heterocycles. The van der Waals surface area contributed by atoms with Crippen LogP contribution in [0.4, 0.5) is 8.78 Å². The zero-order chi connectivity index (χ0) is 13.1. The van der Waals surface area contributed by atoms with E-state index in [1.807, 2.05) is 0 Å². The second-order valence-corrected chi connectivity index (χ2v) is 4.38. The molecule has 3 nitrogen and oxygen atoms in total. The van der Waals surface area contributed by atoms with Gasteiger partial charge in [-0.1, -0.05) is 0 Å². The topological polar surface area (TPSA) is 30.5 Å². The number of rotatable bonds is 4. The van der Waals surface area contributed by atoms with Crippen LogP contribution < -0.4 is 14.8 Å². The van der Waals surface area contributed by atoms with Crippen LogP contribution in [0.15, 0.2) is 6.07 Å². The molecule has 5 heteroatoms. The summed E-state index contributed by atoms with van der Waals surface area (Å²) >= 11 is 0. The van der Waals surface area contributed by atoms with E-state index in [2.05, 4.69) is 5.32 Å². The average Bonchev–Trinajstić information content (AvgIpc) is 2.84. The molecule has 18 heavy (non-hydrogen) atoms. The molecule has 2 rings (SSSR count). The second kappa shape index (κ2) is 5.52. The maximum atomic E-state index is 13.9. The summed E-state index contributed by atoms with van der Waals surface area (Å²) in [5.41, 5.74) is 0.371. The van der Waals surface area contributed by atoms with Gasteiger partial charge in [0.25, 0.3) is 0 Å². The molecule has 0 aliphatic carbocycles. The Morgan fingerprint density at radius 3 is 2.50 bits per heavy atom. The van der Waals surface area contributed by atoms with E-state index in [0.717, 1.165) is 25.5 Å². The Bertz CT molecular complexity index is 431. The monoisotopic (exact) mass is 257 g/mol. The van der Waals surface area contributed by atoms with Crippen molar-refractivity contribution in [2.45, 2.75) is 25.3 Å². The van der Waals surface area contributed by atoms with Gasteiger partial charge < -0.3 is 14.8 Å². The van der Waals surface area contributed by atoms with E-state index in [1.165, 1.54) is 14.2 Å². The minimum atomic E-state index is -0.741. The maximum Gasteiger partial charge on any atom is 0.197 e. The van der Waals surface area contributed by atoms with Crippen molar-refractivity contribution in [3.8, 4) is 11.5 Å². The molecule has 0 radical (unpaired) electrons. The van der Waals surface area contributed by atoms with E-state index in [1.54, 1.807) is 0 Å². The molecular weight excluding hydrogens is 240 g/mol. The quantitative estimate of drug-likeness (QED) is 0.897. The van der Waals surface area contributed by atoms with Crippen LogP contribution in [0.25, 0.3) is 0 Å². The van der Waals surface area contributed by atoms with E-state index in [9.17, 15) is 8.78 Å². The number of hydrogen-bond donors (Lipinski definition) is 1. The molecular formula is C13H17F2NO2. The van der Waals surface area contributed by atoms with Gasteiger partial charge in [0.15, 0.2) is 17.3 Å². The third-order valence-electron chi connectivity index (χ3n) is 3.26. The number of nitrogens with one attached hydrogen (secondary N) is 1. The third kappa shape index (κ3) is 2.41. The molecule has 1 fully saturated rings. The van der Waals surface area contributed by atoms with Gasteiger partial charge >= 0.3 is 0 Å². The Morgan fingerprint density at radius 2 is 1.94 bits per heavy atom. The first-order valence-corrected chi connectivity index (χ1v) is 5.99. The molecule has 1 unspecified atom stereocenters. The van der Waals surface area contributed by atoms with Crippen molar-refractivity contribution in [2.24, 2.45) is 0 Å². The first kappa shape index (κ1) is 13.1. The Kier molecular flexibility index (Phi) is 4.01. The van der Waals surface area contributed by atoms with Crippen LogP contribution in [-0.4, -0.2) is 26.8 Å². The first-order valence-electron chi connectivity index (χ1n) is 5.99. The van der Waals surface area contributed by atoms with Gasteiger partial charge in [0.05, 0.1) is 14.2 Å². The highest BCUT2D eigenvalue weighted by Gasteiger charge is 2.24. The molecule has 1 N–H and O–H groups in total. The lowest BCUT2D eigenvalue weighted by molar-refractivity contribution is 0.328. The number of hydrogen-bond acceptors (Lipinski definition) is 3. The Hall–Kier alpha value is -1.36. The molecule has 0 bridgehead atoms. The van der Waals surface area contributed by atoms with Crippen molar-refractivity contribution in [3.05, 3.63) is 23.3 Å². The molecule has 1 saturated heterocycles. The smallest absolute Gasteiger partial charge is 0.197 e. The third-order valence-corrected chi connectivity index (χ3v) is 3.26. The van der Waals surface area contributed by atoms with Crippen molar-refractivity contribution in [1.29, 1.82) is 0 Å². The van der Waals surface area contributed by atoms with Crippen LogP contribution in [0.5, 0.6) is 11.5 Å². The van der Waals surface area contributed by atoms with Gasteiger partial charge in [-0.3, -0.25) is 0 Å². The zero-order valence-electron chi connectivity index (χ0n) is 10.6. The summed E-state index contributed by atoms with van der Waals surface area (Å²) in [6, 6.07) is 1.06. The molecule has 100 valence electrons. The highest BCUT2D eigenvalue weighted by atomic mass is 19.1. The molecule has 1 aliphatic heterocycles. The van der Waals surface area contributed by atoms with Crippen molar-refractivity contribution >= 4 is 0 Å². The molecule has 0 amide bonds. The molecule has 1 aromatic rings. The van der Waals surface area contributed by atoms with Gasteiger partial charge in [0.1, 0.15) is 5.82 Å². The largest absolute Gasteiger partial charge is 0.492 e. The van der Waals surface area contributed by atoms with Gasteiger partial charge in [-0.2, -0.15) is 0 Å². The van der Waals surface area contributed by atoms with Gasteiger partial charge in [0, 0.05) is 17.7 Å². The van der Waals surface area contributed by atoms with E-state index < -0.39 is 11.6 Å². The van der Waals surface area contributed by atoms with Crippen molar-refractivity contribution in [2.75, 3.05) is 20.8 Å². The van der Waals surface area contributed by atoms with Gasteiger partial charge in [0.2, 0.25) is 0 Å². The van der Waals surface area contributed by atoms with Gasteiger partial charge in [-0.05, 0) is 25.8 Å². The first-order chi connectivity index (χ1) is 8.67. The highest BCUT2D eigenvalue weighted by Crippen LogP contribution is 2.36. The lowest BCUT2D eigenvalue weighted by atomic mass is 10.0. The van der Waals surface area contributed by atoms with Gasteiger partial charge in [-0.25, -0.2) is 8.78 Å². The minimum Gasteiger partial charge on any atom is -0.492 e. The van der Waals surface area contributed by atoms with Crippen molar-refractivity contribution in [3.63, 3.8) is 0 Å². The van der Waals surface area contributed by atoms with Crippen LogP contribution in [-0.2, 0) is 6.42 Å². The predicted octanol–water partition coefficient (Wildman–Crippen LogP) is 2.28.